The molecule has 0 spiro atoms. The van der Waals surface area contributed by atoms with Crippen LogP contribution < -0.4 is 5.32 Å². The Hall–Kier alpha value is -1.89. The van der Waals surface area contributed by atoms with Gasteiger partial charge in [0, 0.05) is 18.2 Å². The van der Waals surface area contributed by atoms with Crippen molar-refractivity contribution in [2.75, 3.05) is 6.54 Å². The Labute approximate surface area is 107 Å². The summed E-state index contributed by atoms with van der Waals surface area (Å²) in [5, 5.41) is 11.1. The minimum Gasteiger partial charge on any atom is -0.309 e. The van der Waals surface area contributed by atoms with Crippen molar-refractivity contribution >= 4 is 0 Å². The van der Waals surface area contributed by atoms with Gasteiger partial charge in [0.2, 0.25) is 0 Å². The van der Waals surface area contributed by atoms with Crippen LogP contribution in [0.3, 0.4) is 0 Å². The number of aromatic nitrogens is 3. The number of alkyl halides is 3. The number of hydrogen-bond donors (Lipinski definition) is 1. The molecule has 4 nitrogen and oxygen atoms in total. The van der Waals surface area contributed by atoms with Gasteiger partial charge in [0.1, 0.15) is 5.69 Å². The molecule has 0 amide bonds. The van der Waals surface area contributed by atoms with Crippen LogP contribution in [0.5, 0.6) is 0 Å². The quantitative estimate of drug-likeness (QED) is 0.865. The minimum absolute atomic E-state index is 0.433. The summed E-state index contributed by atoms with van der Waals surface area (Å²) in [6.07, 6.45) is -2.57. The number of halogens is 3. The molecule has 2 heterocycles. The maximum atomic E-state index is 12.4. The van der Waals surface area contributed by atoms with E-state index >= 15 is 0 Å². The zero-order valence-electron chi connectivity index (χ0n) is 9.85. The SMILES string of the molecule is FC(F)(F)c1ccc(-c2cn(CC3CN3)nn2)cc1. The lowest BCUT2D eigenvalue weighted by Gasteiger charge is -2.06. The van der Waals surface area contributed by atoms with Gasteiger partial charge in [-0.25, -0.2) is 0 Å². The topological polar surface area (TPSA) is 52.7 Å². The Morgan fingerprint density at radius 2 is 1.95 bits per heavy atom. The summed E-state index contributed by atoms with van der Waals surface area (Å²) in [5.74, 6) is 0. The number of nitrogens with one attached hydrogen (secondary N) is 1. The first-order valence-electron chi connectivity index (χ1n) is 5.83. The second-order valence-electron chi connectivity index (χ2n) is 4.51. The van der Waals surface area contributed by atoms with E-state index in [1.54, 1.807) is 10.9 Å². The van der Waals surface area contributed by atoms with Gasteiger partial charge in [0.15, 0.2) is 0 Å². The van der Waals surface area contributed by atoms with Gasteiger partial charge < -0.3 is 5.32 Å². The Morgan fingerprint density at radius 1 is 1.26 bits per heavy atom. The van der Waals surface area contributed by atoms with E-state index in [1.165, 1.54) is 12.1 Å². The Kier molecular flexibility index (Phi) is 2.78. The second kappa shape index (κ2) is 4.34. The standard InChI is InChI=1S/C12H11F3N4/c13-12(14,15)9-3-1-8(2-4-9)11-7-19(18-17-11)6-10-5-16-10/h1-4,7,10,16H,5-6H2. The molecule has 1 aliphatic rings. The molecule has 1 unspecified atom stereocenters. The van der Waals surface area contributed by atoms with E-state index in [-0.39, 0.29) is 0 Å². The van der Waals surface area contributed by atoms with E-state index in [4.69, 9.17) is 0 Å². The molecular weight excluding hydrogens is 257 g/mol. The van der Waals surface area contributed by atoms with Crippen LogP contribution in [0.1, 0.15) is 5.56 Å². The van der Waals surface area contributed by atoms with Crippen molar-refractivity contribution in [3.63, 3.8) is 0 Å². The summed E-state index contributed by atoms with van der Waals surface area (Å²) in [6, 6.07) is 5.36. The number of hydrogen-bond acceptors (Lipinski definition) is 3. The van der Waals surface area contributed by atoms with E-state index in [9.17, 15) is 13.2 Å². The third-order valence-corrected chi connectivity index (χ3v) is 2.95. The maximum Gasteiger partial charge on any atom is 0.416 e. The van der Waals surface area contributed by atoms with E-state index in [1.807, 2.05) is 0 Å². The molecule has 3 rings (SSSR count). The van der Waals surface area contributed by atoms with Gasteiger partial charge in [-0.1, -0.05) is 17.3 Å². The normalized spacial score (nSPS) is 18.6. The molecule has 1 aromatic heterocycles. The first-order chi connectivity index (χ1) is 9.02. The summed E-state index contributed by atoms with van der Waals surface area (Å²) >= 11 is 0. The molecule has 2 aromatic rings. The fourth-order valence-electron chi connectivity index (χ4n) is 1.79. The highest BCUT2D eigenvalue weighted by molar-refractivity contribution is 5.58. The summed E-state index contributed by atoms with van der Waals surface area (Å²) in [7, 11) is 0. The van der Waals surface area contributed by atoms with Crippen molar-refractivity contribution in [2.24, 2.45) is 0 Å². The van der Waals surface area contributed by atoms with Gasteiger partial charge in [-0.2, -0.15) is 13.2 Å². The van der Waals surface area contributed by atoms with Crippen molar-refractivity contribution in [3.8, 4) is 11.3 Å². The molecule has 1 saturated heterocycles. The van der Waals surface area contributed by atoms with E-state index < -0.39 is 11.7 Å². The second-order valence-corrected chi connectivity index (χ2v) is 4.51. The van der Waals surface area contributed by atoms with Gasteiger partial charge >= 0.3 is 6.18 Å². The molecule has 1 fully saturated rings. The molecular formula is C12H11F3N4. The number of rotatable bonds is 3. The third kappa shape index (κ3) is 2.76. The molecule has 0 saturated carbocycles. The molecule has 0 aliphatic carbocycles. The van der Waals surface area contributed by atoms with E-state index in [0.717, 1.165) is 25.2 Å². The molecule has 0 radical (unpaired) electrons. The molecule has 1 aromatic carbocycles. The van der Waals surface area contributed by atoms with Gasteiger partial charge in [0.05, 0.1) is 18.3 Å². The first-order valence-corrected chi connectivity index (χ1v) is 5.83. The Balaban J connectivity index is 1.79. The van der Waals surface area contributed by atoms with Crippen molar-refractivity contribution in [3.05, 3.63) is 36.0 Å². The van der Waals surface area contributed by atoms with E-state index in [2.05, 4.69) is 15.6 Å². The zero-order valence-corrected chi connectivity index (χ0v) is 9.85. The average molecular weight is 268 g/mol. The van der Waals surface area contributed by atoms with Crippen molar-refractivity contribution in [1.82, 2.24) is 20.3 Å². The van der Waals surface area contributed by atoms with Crippen LogP contribution >= 0.6 is 0 Å². The lowest BCUT2D eigenvalue weighted by Crippen LogP contribution is -2.06. The number of benzene rings is 1. The lowest BCUT2D eigenvalue weighted by molar-refractivity contribution is -0.137. The fourth-order valence-corrected chi connectivity index (χ4v) is 1.79. The monoisotopic (exact) mass is 268 g/mol. The van der Waals surface area contributed by atoms with Crippen LogP contribution in [0, 0.1) is 0 Å². The molecule has 100 valence electrons. The Morgan fingerprint density at radius 3 is 2.53 bits per heavy atom. The third-order valence-electron chi connectivity index (χ3n) is 2.95. The predicted molar refractivity (Wildman–Crippen MR) is 62.3 cm³/mol. The van der Waals surface area contributed by atoms with Crippen LogP contribution in [0.25, 0.3) is 11.3 Å². The highest BCUT2D eigenvalue weighted by Crippen LogP contribution is 2.30. The molecule has 1 atom stereocenters. The van der Waals surface area contributed by atoms with Gasteiger partial charge in [0.25, 0.3) is 0 Å². The first kappa shape index (κ1) is 12.2. The summed E-state index contributed by atoms with van der Waals surface area (Å²) in [6.45, 7) is 1.70. The highest BCUT2D eigenvalue weighted by Gasteiger charge is 2.30. The smallest absolute Gasteiger partial charge is 0.309 e. The number of nitrogens with zero attached hydrogens (tertiary/aromatic N) is 3. The largest absolute Gasteiger partial charge is 0.416 e. The van der Waals surface area contributed by atoms with Crippen molar-refractivity contribution < 1.29 is 13.2 Å². The molecule has 0 bridgehead atoms. The molecule has 1 aliphatic heterocycles. The van der Waals surface area contributed by atoms with Crippen molar-refractivity contribution in [2.45, 2.75) is 18.8 Å². The fraction of sp³-hybridized carbons (Fsp3) is 0.333. The minimum atomic E-state index is -4.31. The van der Waals surface area contributed by atoms with Gasteiger partial charge in [-0.3, -0.25) is 4.68 Å². The van der Waals surface area contributed by atoms with Crippen LogP contribution in [0.4, 0.5) is 13.2 Å². The lowest BCUT2D eigenvalue weighted by atomic mass is 10.1. The molecule has 19 heavy (non-hydrogen) atoms. The van der Waals surface area contributed by atoms with Crippen LogP contribution in [-0.2, 0) is 12.7 Å². The van der Waals surface area contributed by atoms with Crippen LogP contribution in [0.2, 0.25) is 0 Å². The highest BCUT2D eigenvalue weighted by atomic mass is 19.4. The van der Waals surface area contributed by atoms with Crippen LogP contribution in [-0.4, -0.2) is 27.6 Å². The van der Waals surface area contributed by atoms with Gasteiger partial charge in [-0.15, -0.1) is 5.10 Å². The zero-order chi connectivity index (χ0) is 13.5. The molecule has 7 heteroatoms. The summed E-state index contributed by atoms with van der Waals surface area (Å²) in [5.41, 5.74) is 0.545. The summed E-state index contributed by atoms with van der Waals surface area (Å²) < 4.78 is 39.0. The van der Waals surface area contributed by atoms with Crippen molar-refractivity contribution in [1.29, 1.82) is 0 Å². The van der Waals surface area contributed by atoms with Crippen LogP contribution in [0.15, 0.2) is 30.5 Å². The Bertz CT molecular complexity index is 569. The molecule has 1 N–H and O–H groups in total. The maximum absolute atomic E-state index is 12.4. The summed E-state index contributed by atoms with van der Waals surface area (Å²) in [4.78, 5) is 0. The average Bonchev–Trinajstić information content (AvgIpc) is 3.04. The van der Waals surface area contributed by atoms with Gasteiger partial charge in [-0.05, 0) is 12.1 Å². The van der Waals surface area contributed by atoms with E-state index in [0.29, 0.717) is 17.3 Å². The predicted octanol–water partition coefficient (Wildman–Crippen LogP) is 1.94.